The number of nitrogens with one attached hydrogen (secondary N) is 1. The number of nitrogens with zero attached hydrogens (tertiary/aromatic N) is 1. The van der Waals surface area contributed by atoms with Crippen LogP contribution in [0.25, 0.3) is 10.9 Å². The summed E-state index contributed by atoms with van der Waals surface area (Å²) in [6.07, 6.45) is -0.140. The zero-order valence-corrected chi connectivity index (χ0v) is 25.8. The molecule has 0 unspecified atom stereocenters. The molecule has 0 radical (unpaired) electrons. The number of amides is 1. The third-order valence-corrected chi connectivity index (χ3v) is 8.04. The van der Waals surface area contributed by atoms with Crippen molar-refractivity contribution in [2.24, 2.45) is 7.05 Å². The number of aromatic nitrogens is 1. The van der Waals surface area contributed by atoms with Crippen LogP contribution in [0.15, 0.2) is 60.7 Å². The number of ether oxygens (including phenoxy) is 2. The Morgan fingerprint density at radius 3 is 2.32 bits per heavy atom. The maximum absolute atomic E-state index is 13.2. The van der Waals surface area contributed by atoms with Crippen LogP contribution in [0.2, 0.25) is 5.02 Å². The fraction of sp³-hybridized carbons (Fsp3) is 0.353. The van der Waals surface area contributed by atoms with Crippen molar-refractivity contribution >= 4 is 34.4 Å². The first kappa shape index (κ1) is 30.2. The largest absolute Gasteiger partial charge is 0.477 e. The maximum atomic E-state index is 13.2. The lowest BCUT2D eigenvalue weighted by molar-refractivity contribution is -0.147. The highest BCUT2D eigenvalue weighted by atomic mass is 35.5. The van der Waals surface area contributed by atoms with Crippen LogP contribution >= 0.6 is 11.6 Å². The number of methoxy groups -OCH3 is 1. The average molecular weight is 575 g/mol. The minimum Gasteiger partial charge on any atom is -0.477 e. The van der Waals surface area contributed by atoms with Crippen LogP contribution in [-0.2, 0) is 28.4 Å². The Bertz CT molecular complexity index is 1580. The summed E-state index contributed by atoms with van der Waals surface area (Å²) in [6.45, 7) is 12.3. The number of rotatable bonds is 8. The van der Waals surface area contributed by atoms with Gasteiger partial charge in [0.15, 0.2) is 6.10 Å². The van der Waals surface area contributed by atoms with Crippen LogP contribution < -0.4 is 10.1 Å². The SMILES string of the molecule is COC(=O)[C@H](C)Oc1cc(Cc2c(C)n(C)c3cc(C(=O)N[C@@H](C)c4ccc(C(C)(C)C)cc4)ccc23)ccc1Cl. The van der Waals surface area contributed by atoms with E-state index < -0.39 is 12.1 Å². The third-order valence-electron chi connectivity index (χ3n) is 7.72. The molecule has 0 aliphatic heterocycles. The standard InChI is InChI=1S/C34H39ClN2O4/c1-20(24-10-13-26(14-11-24)34(4,5)6)36-32(38)25-12-15-27-28(21(2)37(7)30(27)19-25)17-23-9-16-29(35)31(18-23)41-22(3)33(39)40-8/h9-16,18-20,22H,17H2,1-8H3,(H,36,38)/t20-,22-/m0/s1. The first-order chi connectivity index (χ1) is 19.3. The van der Waals surface area contributed by atoms with E-state index in [1.807, 2.05) is 44.3 Å². The van der Waals surface area contributed by atoms with Gasteiger partial charge in [-0.05, 0) is 79.1 Å². The van der Waals surface area contributed by atoms with E-state index in [1.54, 1.807) is 13.0 Å². The predicted octanol–water partition coefficient (Wildman–Crippen LogP) is 7.46. The molecular weight excluding hydrogens is 536 g/mol. The number of carbonyl (C=O) groups excluding carboxylic acids is 2. The third kappa shape index (κ3) is 6.59. The molecule has 4 rings (SSSR count). The summed E-state index contributed by atoms with van der Waals surface area (Å²) < 4.78 is 12.6. The number of aryl methyl sites for hydroxylation is 1. The van der Waals surface area contributed by atoms with Crippen LogP contribution in [0.3, 0.4) is 0 Å². The zero-order valence-electron chi connectivity index (χ0n) is 25.1. The molecule has 1 N–H and O–H groups in total. The van der Waals surface area contributed by atoms with Gasteiger partial charge < -0.3 is 19.4 Å². The van der Waals surface area contributed by atoms with Crippen molar-refractivity contribution in [2.45, 2.75) is 65.5 Å². The molecule has 41 heavy (non-hydrogen) atoms. The molecule has 6 nitrogen and oxygen atoms in total. The zero-order chi connectivity index (χ0) is 30.1. The van der Waals surface area contributed by atoms with E-state index in [9.17, 15) is 9.59 Å². The molecule has 0 bridgehead atoms. The Kier molecular flexibility index (Phi) is 8.83. The van der Waals surface area contributed by atoms with Crippen molar-refractivity contribution in [1.82, 2.24) is 9.88 Å². The Morgan fingerprint density at radius 1 is 1.00 bits per heavy atom. The van der Waals surface area contributed by atoms with Gasteiger partial charge in [-0.1, -0.05) is 68.8 Å². The smallest absolute Gasteiger partial charge is 0.346 e. The summed E-state index contributed by atoms with van der Waals surface area (Å²) in [5.41, 5.74) is 7.25. The molecule has 1 heterocycles. The molecule has 4 aromatic rings. The van der Waals surface area contributed by atoms with E-state index in [2.05, 4.69) is 61.8 Å². The van der Waals surface area contributed by atoms with Gasteiger partial charge >= 0.3 is 5.97 Å². The van der Waals surface area contributed by atoms with E-state index in [0.29, 0.717) is 22.8 Å². The molecule has 1 aromatic heterocycles. The number of hydrogen-bond acceptors (Lipinski definition) is 4. The summed E-state index contributed by atoms with van der Waals surface area (Å²) in [6, 6.07) is 19.7. The van der Waals surface area contributed by atoms with Crippen LogP contribution in [0.5, 0.6) is 5.75 Å². The molecule has 1 amide bonds. The maximum Gasteiger partial charge on any atom is 0.346 e. The number of esters is 1. The van der Waals surface area contributed by atoms with Crippen LogP contribution in [0.1, 0.15) is 79.0 Å². The Labute approximate surface area is 247 Å². The normalized spacial score (nSPS) is 13.1. The van der Waals surface area contributed by atoms with E-state index in [-0.39, 0.29) is 17.4 Å². The van der Waals surface area contributed by atoms with E-state index in [1.165, 1.54) is 12.7 Å². The van der Waals surface area contributed by atoms with Gasteiger partial charge in [0.1, 0.15) is 5.75 Å². The molecule has 3 aromatic carbocycles. The van der Waals surface area contributed by atoms with Gasteiger partial charge in [-0.15, -0.1) is 0 Å². The molecule has 7 heteroatoms. The van der Waals surface area contributed by atoms with E-state index in [4.69, 9.17) is 21.1 Å². The summed E-state index contributed by atoms with van der Waals surface area (Å²) >= 11 is 6.35. The van der Waals surface area contributed by atoms with Crippen molar-refractivity contribution in [3.05, 3.63) is 99.2 Å². The number of benzene rings is 3. The van der Waals surface area contributed by atoms with Gasteiger partial charge in [0.05, 0.1) is 18.2 Å². The number of fused-ring (bicyclic) bond motifs is 1. The highest BCUT2D eigenvalue weighted by Gasteiger charge is 2.20. The number of hydrogen-bond donors (Lipinski definition) is 1. The van der Waals surface area contributed by atoms with Gasteiger partial charge in [0.2, 0.25) is 0 Å². The molecule has 0 saturated carbocycles. The molecule has 0 aliphatic carbocycles. The lowest BCUT2D eigenvalue weighted by Gasteiger charge is -2.20. The average Bonchev–Trinajstić information content (AvgIpc) is 3.17. The molecule has 0 aliphatic rings. The molecular formula is C34H39ClN2O4. The minimum atomic E-state index is -0.776. The summed E-state index contributed by atoms with van der Waals surface area (Å²) in [7, 11) is 3.33. The van der Waals surface area contributed by atoms with Gasteiger partial charge in [-0.2, -0.15) is 0 Å². The first-order valence-corrected chi connectivity index (χ1v) is 14.2. The monoisotopic (exact) mass is 574 g/mol. The molecule has 0 spiro atoms. The van der Waals surface area contributed by atoms with Gasteiger partial charge in [0.25, 0.3) is 5.91 Å². The predicted molar refractivity (Wildman–Crippen MR) is 165 cm³/mol. The number of carbonyl (C=O) groups is 2. The quantitative estimate of drug-likeness (QED) is 0.222. The van der Waals surface area contributed by atoms with Crippen molar-refractivity contribution in [2.75, 3.05) is 7.11 Å². The second-order valence-corrected chi connectivity index (χ2v) is 12.1. The highest BCUT2D eigenvalue weighted by Crippen LogP contribution is 2.32. The Balaban J connectivity index is 1.55. The summed E-state index contributed by atoms with van der Waals surface area (Å²) in [5.74, 6) is -0.149. The van der Waals surface area contributed by atoms with E-state index in [0.717, 1.165) is 33.3 Å². The van der Waals surface area contributed by atoms with Crippen molar-refractivity contribution in [1.29, 1.82) is 0 Å². The second kappa shape index (κ2) is 12.0. The Hall–Kier alpha value is -3.77. The molecule has 0 saturated heterocycles. The fourth-order valence-electron chi connectivity index (χ4n) is 5.00. The lowest BCUT2D eigenvalue weighted by atomic mass is 9.86. The second-order valence-electron chi connectivity index (χ2n) is 11.6. The van der Waals surface area contributed by atoms with Crippen LogP contribution in [0, 0.1) is 6.92 Å². The van der Waals surface area contributed by atoms with Crippen LogP contribution in [-0.4, -0.2) is 29.7 Å². The van der Waals surface area contributed by atoms with Gasteiger partial charge in [-0.3, -0.25) is 4.79 Å². The van der Waals surface area contributed by atoms with Crippen molar-refractivity contribution < 1.29 is 19.1 Å². The lowest BCUT2D eigenvalue weighted by Crippen LogP contribution is -2.26. The Morgan fingerprint density at radius 2 is 1.68 bits per heavy atom. The van der Waals surface area contributed by atoms with Crippen molar-refractivity contribution in [3.63, 3.8) is 0 Å². The van der Waals surface area contributed by atoms with Crippen molar-refractivity contribution in [3.8, 4) is 5.75 Å². The minimum absolute atomic E-state index is 0.0825. The fourth-order valence-corrected chi connectivity index (χ4v) is 5.16. The van der Waals surface area contributed by atoms with E-state index >= 15 is 0 Å². The molecule has 2 atom stereocenters. The van der Waals surface area contributed by atoms with Gasteiger partial charge in [0, 0.05) is 29.2 Å². The summed E-state index contributed by atoms with van der Waals surface area (Å²) in [4.78, 5) is 25.1. The number of halogens is 1. The highest BCUT2D eigenvalue weighted by molar-refractivity contribution is 6.32. The molecule has 216 valence electrons. The molecule has 0 fully saturated rings. The topological polar surface area (TPSA) is 69.6 Å². The van der Waals surface area contributed by atoms with Gasteiger partial charge in [-0.25, -0.2) is 4.79 Å². The summed E-state index contributed by atoms with van der Waals surface area (Å²) in [5, 5.41) is 4.65. The first-order valence-electron chi connectivity index (χ1n) is 13.8. The van der Waals surface area contributed by atoms with Crippen LogP contribution in [0.4, 0.5) is 0 Å².